The molecular weight excluding hydrogens is 150 g/mol. The first-order valence-electron chi connectivity index (χ1n) is 3.63. The van der Waals surface area contributed by atoms with Crippen LogP contribution in [0.25, 0.3) is 6.08 Å². The molecule has 0 aliphatic heterocycles. The molecule has 1 aromatic rings. The highest BCUT2D eigenvalue weighted by molar-refractivity contribution is 5.56. The molecule has 1 aromatic carbocycles. The van der Waals surface area contributed by atoms with E-state index < -0.39 is 0 Å². The van der Waals surface area contributed by atoms with Gasteiger partial charge in [-0.3, -0.25) is 0 Å². The van der Waals surface area contributed by atoms with Crippen molar-refractivity contribution in [2.75, 3.05) is 6.61 Å². The maximum absolute atomic E-state index is 8.70. The molecule has 2 nitrogen and oxygen atoms in total. The third kappa shape index (κ3) is 2.22. The molecule has 0 bridgehead atoms. The number of aliphatic hydroxyl groups is 1. The number of rotatable bonds is 2. The maximum atomic E-state index is 8.70. The van der Waals surface area contributed by atoms with Crippen LogP contribution in [0.2, 0.25) is 0 Å². The van der Waals surface area contributed by atoms with E-state index in [2.05, 4.69) is 0 Å². The molecule has 0 fully saturated rings. The van der Waals surface area contributed by atoms with Crippen molar-refractivity contribution in [1.29, 1.82) is 5.26 Å². The second kappa shape index (κ2) is 4.32. The molecule has 0 atom stereocenters. The molecule has 0 amide bonds. The minimum Gasteiger partial charge on any atom is -0.391 e. The maximum Gasteiger partial charge on any atom is 0.0971 e. The Labute approximate surface area is 71.4 Å². The SMILES string of the molecule is N#C/C(=C/c1ccccc1)CO. The summed E-state index contributed by atoms with van der Waals surface area (Å²) in [6, 6.07) is 11.4. The normalized spacial score (nSPS) is 10.8. The fourth-order valence-corrected chi connectivity index (χ4v) is 0.864. The summed E-state index contributed by atoms with van der Waals surface area (Å²) in [4.78, 5) is 0. The fraction of sp³-hybridized carbons (Fsp3) is 0.100. The predicted octanol–water partition coefficient (Wildman–Crippen LogP) is 1.59. The van der Waals surface area contributed by atoms with Crippen LogP contribution in [0.3, 0.4) is 0 Å². The zero-order chi connectivity index (χ0) is 8.81. The first kappa shape index (κ1) is 8.51. The van der Waals surface area contributed by atoms with Gasteiger partial charge >= 0.3 is 0 Å². The fourth-order valence-electron chi connectivity index (χ4n) is 0.864. The molecule has 0 aromatic heterocycles. The van der Waals surface area contributed by atoms with Crippen molar-refractivity contribution in [1.82, 2.24) is 0 Å². The zero-order valence-electron chi connectivity index (χ0n) is 6.57. The van der Waals surface area contributed by atoms with E-state index in [4.69, 9.17) is 10.4 Å². The van der Waals surface area contributed by atoms with Gasteiger partial charge in [-0.1, -0.05) is 30.3 Å². The van der Waals surface area contributed by atoms with E-state index in [0.717, 1.165) is 5.56 Å². The lowest BCUT2D eigenvalue weighted by molar-refractivity contribution is 0.337. The highest BCUT2D eigenvalue weighted by Gasteiger charge is 1.91. The minimum atomic E-state index is -0.203. The van der Waals surface area contributed by atoms with Gasteiger partial charge in [-0.05, 0) is 11.6 Å². The van der Waals surface area contributed by atoms with Crippen LogP contribution in [-0.4, -0.2) is 11.7 Å². The van der Waals surface area contributed by atoms with Gasteiger partial charge in [-0.15, -0.1) is 0 Å². The van der Waals surface area contributed by atoms with Gasteiger partial charge in [0.05, 0.1) is 18.2 Å². The van der Waals surface area contributed by atoms with Gasteiger partial charge in [0, 0.05) is 0 Å². The van der Waals surface area contributed by atoms with Crippen molar-refractivity contribution in [3.05, 3.63) is 41.5 Å². The van der Waals surface area contributed by atoms with Crippen LogP contribution in [0.4, 0.5) is 0 Å². The summed E-state index contributed by atoms with van der Waals surface area (Å²) in [5.74, 6) is 0. The molecule has 60 valence electrons. The molecule has 0 aliphatic carbocycles. The Morgan fingerprint density at radius 1 is 1.42 bits per heavy atom. The van der Waals surface area contributed by atoms with Gasteiger partial charge in [-0.25, -0.2) is 0 Å². The molecule has 0 unspecified atom stereocenters. The van der Waals surface area contributed by atoms with Crippen molar-refractivity contribution in [2.45, 2.75) is 0 Å². The van der Waals surface area contributed by atoms with Crippen LogP contribution >= 0.6 is 0 Å². The van der Waals surface area contributed by atoms with E-state index in [1.54, 1.807) is 6.08 Å². The van der Waals surface area contributed by atoms with Crippen molar-refractivity contribution < 1.29 is 5.11 Å². The lowest BCUT2D eigenvalue weighted by Crippen LogP contribution is -1.85. The molecule has 1 N–H and O–H groups in total. The van der Waals surface area contributed by atoms with Crippen LogP contribution in [0.5, 0.6) is 0 Å². The number of nitriles is 1. The average Bonchev–Trinajstić information content (AvgIpc) is 2.16. The predicted molar refractivity (Wildman–Crippen MR) is 47.1 cm³/mol. The number of hydrogen-bond donors (Lipinski definition) is 1. The molecular formula is C10H9NO. The Hall–Kier alpha value is -1.59. The molecule has 0 radical (unpaired) electrons. The van der Waals surface area contributed by atoms with Crippen molar-refractivity contribution in [3.8, 4) is 6.07 Å². The highest BCUT2D eigenvalue weighted by atomic mass is 16.3. The summed E-state index contributed by atoms with van der Waals surface area (Å²) in [6.07, 6.45) is 1.67. The summed E-state index contributed by atoms with van der Waals surface area (Å²) in [5.41, 5.74) is 1.31. The van der Waals surface area contributed by atoms with Crippen LogP contribution in [0, 0.1) is 11.3 Å². The minimum absolute atomic E-state index is 0.203. The van der Waals surface area contributed by atoms with E-state index in [-0.39, 0.29) is 6.61 Å². The number of benzene rings is 1. The summed E-state index contributed by atoms with van der Waals surface area (Å²) < 4.78 is 0. The lowest BCUT2D eigenvalue weighted by atomic mass is 10.1. The number of hydrogen-bond acceptors (Lipinski definition) is 2. The highest BCUT2D eigenvalue weighted by Crippen LogP contribution is 2.04. The van der Waals surface area contributed by atoms with Crippen LogP contribution in [-0.2, 0) is 0 Å². The van der Waals surface area contributed by atoms with Crippen LogP contribution < -0.4 is 0 Å². The Morgan fingerprint density at radius 2 is 2.08 bits per heavy atom. The second-order valence-corrected chi connectivity index (χ2v) is 2.35. The van der Waals surface area contributed by atoms with E-state index in [1.807, 2.05) is 36.4 Å². The van der Waals surface area contributed by atoms with Crippen molar-refractivity contribution in [2.24, 2.45) is 0 Å². The summed E-state index contributed by atoms with van der Waals surface area (Å²) in [7, 11) is 0. The van der Waals surface area contributed by atoms with Crippen LogP contribution in [0.15, 0.2) is 35.9 Å². The first-order chi connectivity index (χ1) is 5.86. The van der Waals surface area contributed by atoms with Crippen molar-refractivity contribution in [3.63, 3.8) is 0 Å². The van der Waals surface area contributed by atoms with Gasteiger partial charge in [0.15, 0.2) is 0 Å². The topological polar surface area (TPSA) is 44.0 Å². The molecule has 0 aliphatic rings. The third-order valence-electron chi connectivity index (χ3n) is 1.45. The summed E-state index contributed by atoms with van der Waals surface area (Å²) in [6.45, 7) is -0.203. The third-order valence-corrected chi connectivity index (χ3v) is 1.45. The Bertz CT molecular complexity index is 308. The largest absolute Gasteiger partial charge is 0.391 e. The molecule has 0 heterocycles. The van der Waals surface area contributed by atoms with E-state index in [1.165, 1.54) is 0 Å². The monoisotopic (exact) mass is 159 g/mol. The molecule has 0 saturated heterocycles. The van der Waals surface area contributed by atoms with Gasteiger partial charge in [0.2, 0.25) is 0 Å². The molecule has 2 heteroatoms. The lowest BCUT2D eigenvalue weighted by Gasteiger charge is -1.92. The molecule has 0 saturated carbocycles. The zero-order valence-corrected chi connectivity index (χ0v) is 6.57. The van der Waals surface area contributed by atoms with Gasteiger partial charge in [-0.2, -0.15) is 5.26 Å². The van der Waals surface area contributed by atoms with Gasteiger partial charge in [0.25, 0.3) is 0 Å². The van der Waals surface area contributed by atoms with Gasteiger partial charge < -0.3 is 5.11 Å². The quantitative estimate of drug-likeness (QED) is 0.666. The van der Waals surface area contributed by atoms with E-state index >= 15 is 0 Å². The van der Waals surface area contributed by atoms with Crippen molar-refractivity contribution >= 4 is 6.08 Å². The molecule has 0 spiro atoms. The Kier molecular flexibility index (Phi) is 3.06. The van der Waals surface area contributed by atoms with Crippen LogP contribution in [0.1, 0.15) is 5.56 Å². The molecule has 1 rings (SSSR count). The summed E-state index contributed by atoms with van der Waals surface area (Å²) >= 11 is 0. The molecule has 12 heavy (non-hydrogen) atoms. The number of nitrogens with zero attached hydrogens (tertiary/aromatic N) is 1. The Balaban J connectivity index is 2.88. The smallest absolute Gasteiger partial charge is 0.0971 e. The van der Waals surface area contributed by atoms with E-state index in [0.29, 0.717) is 5.57 Å². The first-order valence-corrected chi connectivity index (χ1v) is 3.63. The summed E-state index contributed by atoms with van der Waals surface area (Å²) in [5, 5.41) is 17.2. The average molecular weight is 159 g/mol. The Morgan fingerprint density at radius 3 is 2.58 bits per heavy atom. The second-order valence-electron chi connectivity index (χ2n) is 2.35. The van der Waals surface area contributed by atoms with Gasteiger partial charge in [0.1, 0.15) is 0 Å². The number of aliphatic hydroxyl groups excluding tert-OH is 1. The standard InChI is InChI=1S/C10H9NO/c11-7-10(8-12)6-9-4-2-1-3-5-9/h1-6,12H,8H2/b10-6-. The van der Waals surface area contributed by atoms with E-state index in [9.17, 15) is 0 Å².